The lowest BCUT2D eigenvalue weighted by atomic mass is 10.3. The molecule has 64 valence electrons. The van der Waals surface area contributed by atoms with Gasteiger partial charge in [0, 0.05) is 5.02 Å². The van der Waals surface area contributed by atoms with Crippen LogP contribution in [0.3, 0.4) is 0 Å². The first-order valence-corrected chi connectivity index (χ1v) is 4.61. The molecule has 2 rings (SSSR count). The summed E-state index contributed by atoms with van der Waals surface area (Å²) in [6.45, 7) is 0. The van der Waals surface area contributed by atoms with Crippen molar-refractivity contribution >= 4 is 34.5 Å². The lowest BCUT2D eigenvalue weighted by Crippen LogP contribution is -1.67. The average molecular weight is 211 g/mol. The van der Waals surface area contributed by atoms with Crippen molar-refractivity contribution in [3.8, 4) is 5.40 Å². The second-order valence-corrected chi connectivity index (χ2v) is 3.46. The normalized spacial score (nSPS) is 10.2. The van der Waals surface area contributed by atoms with Crippen molar-refractivity contribution < 1.29 is 4.42 Å². The van der Waals surface area contributed by atoms with E-state index in [0.29, 0.717) is 21.3 Å². The molecule has 1 aromatic carbocycles. The Morgan fingerprint density at radius 2 is 2.38 bits per heavy atom. The Hall–Kier alpha value is -1.18. The van der Waals surface area contributed by atoms with Gasteiger partial charge < -0.3 is 4.42 Å². The molecule has 0 saturated carbocycles. The minimum absolute atomic E-state index is 0.347. The van der Waals surface area contributed by atoms with Crippen LogP contribution in [0.4, 0.5) is 0 Å². The zero-order valence-electron chi connectivity index (χ0n) is 6.32. The highest BCUT2D eigenvalue weighted by Crippen LogP contribution is 2.24. The van der Waals surface area contributed by atoms with Crippen LogP contribution in [0.25, 0.3) is 11.1 Å². The zero-order valence-corrected chi connectivity index (χ0v) is 7.89. The summed E-state index contributed by atoms with van der Waals surface area (Å²) >= 11 is 6.64. The summed E-state index contributed by atoms with van der Waals surface area (Å²) < 4.78 is 5.23. The SMILES string of the molecule is N#CSc1nc2cc(Cl)ccc2o1. The highest BCUT2D eigenvalue weighted by Gasteiger charge is 2.05. The Balaban J connectivity index is 2.57. The summed E-state index contributed by atoms with van der Waals surface area (Å²) in [6, 6.07) is 5.14. The van der Waals surface area contributed by atoms with Gasteiger partial charge in [-0.3, -0.25) is 0 Å². The first kappa shape index (κ1) is 8.42. The van der Waals surface area contributed by atoms with Gasteiger partial charge in [-0.1, -0.05) is 11.6 Å². The fourth-order valence-electron chi connectivity index (χ4n) is 0.962. The number of rotatable bonds is 1. The van der Waals surface area contributed by atoms with Crippen LogP contribution in [-0.2, 0) is 0 Å². The van der Waals surface area contributed by atoms with Crippen LogP contribution >= 0.6 is 23.4 Å². The van der Waals surface area contributed by atoms with Gasteiger partial charge in [-0.25, -0.2) is 4.98 Å². The average Bonchev–Trinajstić information content (AvgIpc) is 2.46. The zero-order chi connectivity index (χ0) is 9.26. The molecule has 0 unspecified atom stereocenters. The van der Waals surface area contributed by atoms with Crippen LogP contribution in [0.2, 0.25) is 5.02 Å². The number of hydrogen-bond acceptors (Lipinski definition) is 4. The van der Waals surface area contributed by atoms with Gasteiger partial charge in [0.2, 0.25) is 0 Å². The monoisotopic (exact) mass is 210 g/mol. The molecular formula is C8H3ClN2OS. The molecule has 0 spiro atoms. The molecule has 0 fully saturated rings. The Morgan fingerprint density at radius 1 is 1.54 bits per heavy atom. The van der Waals surface area contributed by atoms with Gasteiger partial charge in [-0.05, 0) is 18.2 Å². The van der Waals surface area contributed by atoms with Gasteiger partial charge in [0.1, 0.15) is 10.9 Å². The maximum Gasteiger partial charge on any atom is 0.271 e. The molecule has 0 radical (unpaired) electrons. The van der Waals surface area contributed by atoms with E-state index in [1.807, 2.05) is 5.40 Å². The van der Waals surface area contributed by atoms with E-state index >= 15 is 0 Å². The molecule has 0 atom stereocenters. The van der Waals surface area contributed by atoms with Crippen LogP contribution in [0, 0.1) is 10.7 Å². The van der Waals surface area contributed by atoms with E-state index in [2.05, 4.69) is 4.98 Å². The quantitative estimate of drug-likeness (QED) is 0.536. The maximum atomic E-state index is 8.39. The number of hydrogen-bond donors (Lipinski definition) is 0. The molecule has 1 heterocycles. The molecule has 0 saturated heterocycles. The first-order valence-electron chi connectivity index (χ1n) is 3.41. The molecule has 5 heteroatoms. The molecule has 0 N–H and O–H groups in total. The van der Waals surface area contributed by atoms with Crippen molar-refractivity contribution in [1.82, 2.24) is 4.98 Å². The van der Waals surface area contributed by atoms with Crippen LogP contribution in [0.1, 0.15) is 0 Å². The van der Waals surface area contributed by atoms with Crippen molar-refractivity contribution in [3.05, 3.63) is 23.2 Å². The lowest BCUT2D eigenvalue weighted by Gasteiger charge is -1.85. The Morgan fingerprint density at radius 3 is 3.15 bits per heavy atom. The van der Waals surface area contributed by atoms with Gasteiger partial charge in [-0.2, -0.15) is 5.26 Å². The van der Waals surface area contributed by atoms with Crippen LogP contribution in [-0.4, -0.2) is 4.98 Å². The maximum absolute atomic E-state index is 8.39. The van der Waals surface area contributed by atoms with Gasteiger partial charge in [0.15, 0.2) is 5.58 Å². The van der Waals surface area contributed by atoms with E-state index in [-0.39, 0.29) is 0 Å². The Kier molecular flexibility index (Phi) is 2.13. The van der Waals surface area contributed by atoms with Gasteiger partial charge in [-0.15, -0.1) is 0 Å². The number of thioether (sulfide) groups is 1. The molecule has 0 aliphatic rings. The Bertz CT molecular complexity index is 488. The van der Waals surface area contributed by atoms with Crippen molar-refractivity contribution in [2.75, 3.05) is 0 Å². The molecule has 0 aliphatic carbocycles. The predicted molar refractivity (Wildman–Crippen MR) is 50.5 cm³/mol. The van der Waals surface area contributed by atoms with Crippen molar-refractivity contribution in [2.45, 2.75) is 5.22 Å². The molecule has 2 aromatic rings. The number of aromatic nitrogens is 1. The minimum atomic E-state index is 0.347. The standard InChI is InChI=1S/C8H3ClN2OS/c9-5-1-2-7-6(3-5)11-8(12-7)13-4-10/h1-3H. The fourth-order valence-corrected chi connectivity index (χ4v) is 1.48. The number of halogens is 1. The number of thiocyanates is 1. The number of nitriles is 1. The summed E-state index contributed by atoms with van der Waals surface area (Å²) in [6.07, 6.45) is 0. The van der Waals surface area contributed by atoms with Crippen LogP contribution in [0.15, 0.2) is 27.8 Å². The number of benzene rings is 1. The number of nitrogens with zero attached hydrogens (tertiary/aromatic N) is 2. The smallest absolute Gasteiger partial charge is 0.271 e. The van der Waals surface area contributed by atoms with Crippen molar-refractivity contribution in [3.63, 3.8) is 0 Å². The van der Waals surface area contributed by atoms with Crippen molar-refractivity contribution in [2.24, 2.45) is 0 Å². The molecule has 3 nitrogen and oxygen atoms in total. The largest absolute Gasteiger partial charge is 0.431 e. The lowest BCUT2D eigenvalue weighted by molar-refractivity contribution is 0.490. The highest BCUT2D eigenvalue weighted by molar-refractivity contribution is 8.03. The second-order valence-electron chi connectivity index (χ2n) is 2.29. The third-order valence-electron chi connectivity index (χ3n) is 1.46. The highest BCUT2D eigenvalue weighted by atomic mass is 35.5. The minimum Gasteiger partial charge on any atom is -0.431 e. The van der Waals surface area contributed by atoms with Crippen LogP contribution < -0.4 is 0 Å². The van der Waals surface area contributed by atoms with E-state index in [0.717, 1.165) is 11.8 Å². The van der Waals surface area contributed by atoms with E-state index in [4.69, 9.17) is 21.3 Å². The third-order valence-corrected chi connectivity index (χ3v) is 2.14. The number of oxazole rings is 1. The van der Waals surface area contributed by atoms with Crippen molar-refractivity contribution in [1.29, 1.82) is 5.26 Å². The summed E-state index contributed by atoms with van der Waals surface area (Å²) in [7, 11) is 0. The first-order chi connectivity index (χ1) is 6.29. The molecule has 1 aromatic heterocycles. The van der Waals surface area contributed by atoms with E-state index < -0.39 is 0 Å². The molecule has 0 bridgehead atoms. The van der Waals surface area contributed by atoms with E-state index in [9.17, 15) is 0 Å². The van der Waals surface area contributed by atoms with E-state index in [1.54, 1.807) is 18.2 Å². The van der Waals surface area contributed by atoms with E-state index in [1.165, 1.54) is 0 Å². The topological polar surface area (TPSA) is 49.8 Å². The van der Waals surface area contributed by atoms with Crippen LogP contribution in [0.5, 0.6) is 0 Å². The number of fused-ring (bicyclic) bond motifs is 1. The third kappa shape index (κ3) is 1.62. The summed E-state index contributed by atoms with van der Waals surface area (Å²) in [4.78, 5) is 4.05. The summed E-state index contributed by atoms with van der Waals surface area (Å²) in [5.41, 5.74) is 1.31. The fraction of sp³-hybridized carbons (Fsp3) is 0. The predicted octanol–water partition coefficient (Wildman–Crippen LogP) is 3.05. The molecular weight excluding hydrogens is 208 g/mol. The van der Waals surface area contributed by atoms with Gasteiger partial charge in [0.25, 0.3) is 5.22 Å². The molecule has 13 heavy (non-hydrogen) atoms. The Labute approximate surface area is 83.3 Å². The van der Waals surface area contributed by atoms with Gasteiger partial charge in [0.05, 0.1) is 11.8 Å². The second kappa shape index (κ2) is 3.29. The van der Waals surface area contributed by atoms with Gasteiger partial charge >= 0.3 is 0 Å². The molecule has 0 aliphatic heterocycles. The summed E-state index contributed by atoms with van der Waals surface area (Å²) in [5, 5.41) is 11.2. The summed E-state index contributed by atoms with van der Waals surface area (Å²) in [5.74, 6) is 0. The molecule has 0 amide bonds.